The van der Waals surface area contributed by atoms with E-state index in [0.717, 1.165) is 0 Å². The Hall–Kier alpha value is -0.650. The molecular formula is C5H12N2O3. The number of aliphatic carboxylic acids is 1. The highest BCUT2D eigenvalue weighted by Crippen LogP contribution is 1.94. The third kappa shape index (κ3) is 3.39. The number of nitrogens with two attached hydrogens (primary N) is 2. The van der Waals surface area contributed by atoms with Crippen LogP contribution in [0.5, 0.6) is 0 Å². The van der Waals surface area contributed by atoms with Crippen molar-refractivity contribution in [3.63, 3.8) is 0 Å². The van der Waals surface area contributed by atoms with Crippen LogP contribution >= 0.6 is 0 Å². The molecule has 6 N–H and O–H groups in total. The van der Waals surface area contributed by atoms with Crippen LogP contribution in [0.25, 0.3) is 0 Å². The predicted octanol–water partition coefficient (Wildman–Crippen LogP) is -1.89. The highest BCUT2D eigenvalue weighted by Gasteiger charge is 2.15. The molecule has 0 saturated carbocycles. The zero-order chi connectivity index (χ0) is 8.15. The van der Waals surface area contributed by atoms with Gasteiger partial charge in [0.25, 0.3) is 0 Å². The number of aliphatic hydroxyl groups excluding tert-OH is 1. The summed E-state index contributed by atoms with van der Waals surface area (Å²) in [6.45, 7) is 0.0917. The Balaban J connectivity index is 3.61. The van der Waals surface area contributed by atoms with Crippen LogP contribution in [0.4, 0.5) is 0 Å². The van der Waals surface area contributed by atoms with Crippen molar-refractivity contribution in [2.75, 3.05) is 6.54 Å². The van der Waals surface area contributed by atoms with Gasteiger partial charge in [-0.2, -0.15) is 0 Å². The first-order valence-electron chi connectivity index (χ1n) is 2.93. The number of hydrogen-bond donors (Lipinski definition) is 4. The molecule has 0 heterocycles. The maximum atomic E-state index is 9.97. The molecule has 0 bridgehead atoms. The van der Waals surface area contributed by atoms with Crippen LogP contribution in [0, 0.1) is 0 Å². The van der Waals surface area contributed by atoms with Crippen molar-refractivity contribution in [2.45, 2.75) is 18.6 Å². The molecule has 10 heavy (non-hydrogen) atoms. The number of hydrogen-bond acceptors (Lipinski definition) is 4. The SMILES string of the molecule is NC[C@H](N)[C@@H](O)CC(=O)O. The lowest BCUT2D eigenvalue weighted by molar-refractivity contribution is -0.139. The Morgan fingerprint density at radius 3 is 2.40 bits per heavy atom. The van der Waals surface area contributed by atoms with Gasteiger partial charge in [-0.3, -0.25) is 4.79 Å². The Bertz CT molecular complexity index is 117. The van der Waals surface area contributed by atoms with Gasteiger partial charge >= 0.3 is 5.97 Å². The molecule has 0 fully saturated rings. The quantitative estimate of drug-likeness (QED) is 0.372. The zero-order valence-corrected chi connectivity index (χ0v) is 5.53. The van der Waals surface area contributed by atoms with Crippen LogP contribution in [0.1, 0.15) is 6.42 Å². The monoisotopic (exact) mass is 148 g/mol. The standard InChI is InChI=1S/C5H12N2O3/c6-2-3(7)4(8)1-5(9)10/h3-4,8H,1-2,6-7H2,(H,9,10)/t3-,4-/m0/s1. The highest BCUT2D eigenvalue weighted by molar-refractivity contribution is 5.67. The first kappa shape index (κ1) is 9.35. The fraction of sp³-hybridized carbons (Fsp3) is 0.800. The van der Waals surface area contributed by atoms with E-state index in [1.54, 1.807) is 0 Å². The molecule has 0 aromatic carbocycles. The molecule has 0 aliphatic rings. The molecule has 5 nitrogen and oxygen atoms in total. The summed E-state index contributed by atoms with van der Waals surface area (Å²) in [6.07, 6.45) is -1.39. The van der Waals surface area contributed by atoms with E-state index in [0.29, 0.717) is 0 Å². The molecule has 0 spiro atoms. The van der Waals surface area contributed by atoms with Gasteiger partial charge in [-0.05, 0) is 0 Å². The van der Waals surface area contributed by atoms with Crippen molar-refractivity contribution >= 4 is 5.97 Å². The van der Waals surface area contributed by atoms with Crippen molar-refractivity contribution in [1.82, 2.24) is 0 Å². The van der Waals surface area contributed by atoms with Crippen LogP contribution in [-0.4, -0.2) is 34.9 Å². The van der Waals surface area contributed by atoms with Crippen molar-refractivity contribution in [1.29, 1.82) is 0 Å². The van der Waals surface area contributed by atoms with E-state index in [1.165, 1.54) is 0 Å². The summed E-state index contributed by atoms with van der Waals surface area (Å²) < 4.78 is 0. The molecule has 0 aliphatic carbocycles. The summed E-state index contributed by atoms with van der Waals surface area (Å²) in [5, 5.41) is 17.1. The summed E-state index contributed by atoms with van der Waals surface area (Å²) >= 11 is 0. The van der Waals surface area contributed by atoms with Gasteiger partial charge in [-0.1, -0.05) is 0 Å². The lowest BCUT2D eigenvalue weighted by Crippen LogP contribution is -2.42. The molecule has 0 aromatic heterocycles. The summed E-state index contributed by atoms with van der Waals surface area (Å²) in [7, 11) is 0. The average molecular weight is 148 g/mol. The van der Waals surface area contributed by atoms with Crippen LogP contribution in [0.2, 0.25) is 0 Å². The van der Waals surface area contributed by atoms with E-state index in [1.807, 2.05) is 0 Å². The van der Waals surface area contributed by atoms with Gasteiger partial charge in [-0.25, -0.2) is 0 Å². The number of carboxylic acid groups (broad SMARTS) is 1. The summed E-state index contributed by atoms with van der Waals surface area (Å²) in [5.74, 6) is -1.07. The molecular weight excluding hydrogens is 136 g/mol. The minimum absolute atomic E-state index is 0.0917. The average Bonchev–Trinajstić information content (AvgIpc) is 1.85. The van der Waals surface area contributed by atoms with E-state index in [9.17, 15) is 4.79 Å². The smallest absolute Gasteiger partial charge is 0.306 e. The lowest BCUT2D eigenvalue weighted by atomic mass is 10.1. The minimum atomic E-state index is -1.07. The molecule has 0 rings (SSSR count). The Morgan fingerprint density at radius 2 is 2.10 bits per heavy atom. The molecule has 0 aliphatic heterocycles. The van der Waals surface area contributed by atoms with Crippen LogP contribution < -0.4 is 11.5 Å². The molecule has 2 atom stereocenters. The summed E-state index contributed by atoms with van der Waals surface area (Å²) in [6, 6.07) is -0.643. The largest absolute Gasteiger partial charge is 0.481 e. The van der Waals surface area contributed by atoms with E-state index in [4.69, 9.17) is 21.7 Å². The molecule has 0 aromatic rings. The van der Waals surface area contributed by atoms with Crippen molar-refractivity contribution in [3.8, 4) is 0 Å². The van der Waals surface area contributed by atoms with E-state index >= 15 is 0 Å². The maximum Gasteiger partial charge on any atom is 0.306 e. The third-order valence-corrected chi connectivity index (χ3v) is 1.15. The molecule has 5 heteroatoms. The fourth-order valence-corrected chi connectivity index (χ4v) is 0.487. The summed E-state index contributed by atoms with van der Waals surface area (Å²) in [5.41, 5.74) is 10.3. The molecule has 60 valence electrons. The highest BCUT2D eigenvalue weighted by atomic mass is 16.4. The van der Waals surface area contributed by atoms with Gasteiger partial charge in [0, 0.05) is 12.6 Å². The van der Waals surface area contributed by atoms with Crippen LogP contribution in [0.15, 0.2) is 0 Å². The molecule has 0 saturated heterocycles. The molecule has 0 radical (unpaired) electrons. The second kappa shape index (κ2) is 4.21. The Kier molecular flexibility index (Phi) is 3.94. The number of aliphatic hydroxyl groups is 1. The van der Waals surface area contributed by atoms with Crippen molar-refractivity contribution in [3.05, 3.63) is 0 Å². The Labute approximate surface area is 58.6 Å². The van der Waals surface area contributed by atoms with Crippen LogP contribution in [-0.2, 0) is 4.79 Å². The predicted molar refractivity (Wildman–Crippen MR) is 35.3 cm³/mol. The Morgan fingerprint density at radius 1 is 1.60 bits per heavy atom. The van der Waals surface area contributed by atoms with Crippen LogP contribution in [0.3, 0.4) is 0 Å². The zero-order valence-electron chi connectivity index (χ0n) is 5.53. The fourth-order valence-electron chi connectivity index (χ4n) is 0.487. The van der Waals surface area contributed by atoms with Gasteiger partial charge in [0.15, 0.2) is 0 Å². The molecule has 0 unspecified atom stereocenters. The lowest BCUT2D eigenvalue weighted by Gasteiger charge is -2.13. The summed E-state index contributed by atoms with van der Waals surface area (Å²) in [4.78, 5) is 9.97. The normalized spacial score (nSPS) is 16.3. The van der Waals surface area contributed by atoms with E-state index in [-0.39, 0.29) is 13.0 Å². The maximum absolute atomic E-state index is 9.97. The van der Waals surface area contributed by atoms with Crippen molar-refractivity contribution < 1.29 is 15.0 Å². The first-order valence-corrected chi connectivity index (χ1v) is 2.93. The third-order valence-electron chi connectivity index (χ3n) is 1.15. The van der Waals surface area contributed by atoms with Gasteiger partial charge in [0.2, 0.25) is 0 Å². The number of carbonyl (C=O) groups is 1. The van der Waals surface area contributed by atoms with Gasteiger partial charge in [-0.15, -0.1) is 0 Å². The second-order valence-corrected chi connectivity index (χ2v) is 2.06. The molecule has 0 amide bonds. The first-order chi connectivity index (χ1) is 4.57. The minimum Gasteiger partial charge on any atom is -0.481 e. The van der Waals surface area contributed by atoms with Gasteiger partial charge in [0.05, 0.1) is 12.5 Å². The number of carboxylic acids is 1. The topological polar surface area (TPSA) is 110 Å². The number of rotatable bonds is 4. The van der Waals surface area contributed by atoms with Gasteiger partial charge < -0.3 is 21.7 Å². The van der Waals surface area contributed by atoms with Gasteiger partial charge in [0.1, 0.15) is 0 Å². The second-order valence-electron chi connectivity index (χ2n) is 2.06. The van der Waals surface area contributed by atoms with E-state index in [2.05, 4.69) is 0 Å². The van der Waals surface area contributed by atoms with Crippen molar-refractivity contribution in [2.24, 2.45) is 11.5 Å². The van der Waals surface area contributed by atoms with E-state index < -0.39 is 18.1 Å².